The molecular weight excluding hydrogens is 318 g/mol. The first kappa shape index (κ1) is 15.7. The molecule has 1 atom stereocenters. The van der Waals surface area contributed by atoms with E-state index in [4.69, 9.17) is 16.6 Å². The summed E-state index contributed by atoms with van der Waals surface area (Å²) in [6, 6.07) is 14.8. The van der Waals surface area contributed by atoms with Crippen LogP contribution in [0.5, 0.6) is 0 Å². The van der Waals surface area contributed by atoms with E-state index in [9.17, 15) is 0 Å². The van der Waals surface area contributed by atoms with Crippen LogP contribution in [0.4, 0.5) is 11.4 Å². The quantitative estimate of drug-likeness (QED) is 0.847. The van der Waals surface area contributed by atoms with Crippen molar-refractivity contribution in [3.05, 3.63) is 58.6 Å². The number of anilines is 1. The second kappa shape index (κ2) is 6.23. The van der Waals surface area contributed by atoms with Gasteiger partial charge in [-0.1, -0.05) is 43.6 Å². The Bertz CT molecular complexity index is 780. The molecular formula is C20H22ClN3. The number of hydrazine groups is 1. The van der Waals surface area contributed by atoms with Crippen molar-refractivity contribution in [1.29, 1.82) is 0 Å². The van der Waals surface area contributed by atoms with Crippen LogP contribution < -0.4 is 5.43 Å². The van der Waals surface area contributed by atoms with Gasteiger partial charge in [0.2, 0.25) is 0 Å². The molecule has 1 fully saturated rings. The topological polar surface area (TPSA) is 27.6 Å². The Morgan fingerprint density at radius 1 is 1.17 bits per heavy atom. The summed E-state index contributed by atoms with van der Waals surface area (Å²) >= 11 is 6.10. The van der Waals surface area contributed by atoms with Gasteiger partial charge in [-0.2, -0.15) is 0 Å². The molecule has 0 amide bonds. The first-order valence-corrected chi connectivity index (χ1v) is 8.94. The van der Waals surface area contributed by atoms with E-state index in [1.807, 2.05) is 12.1 Å². The van der Waals surface area contributed by atoms with Gasteiger partial charge in [0, 0.05) is 28.9 Å². The molecule has 0 spiro atoms. The number of nitrogens with one attached hydrogen (secondary N) is 1. The van der Waals surface area contributed by atoms with Crippen molar-refractivity contribution in [2.45, 2.75) is 26.2 Å². The average molecular weight is 340 g/mol. The molecule has 24 heavy (non-hydrogen) atoms. The fourth-order valence-electron chi connectivity index (χ4n) is 3.51. The lowest BCUT2D eigenvalue weighted by Crippen LogP contribution is -2.27. The van der Waals surface area contributed by atoms with E-state index in [2.05, 4.69) is 54.6 Å². The zero-order chi connectivity index (χ0) is 16.7. The number of fused-ring (bicyclic) bond motifs is 2. The van der Waals surface area contributed by atoms with Crippen LogP contribution in [0, 0.1) is 5.92 Å². The Morgan fingerprint density at radius 3 is 2.71 bits per heavy atom. The van der Waals surface area contributed by atoms with Gasteiger partial charge >= 0.3 is 0 Å². The van der Waals surface area contributed by atoms with Crippen molar-refractivity contribution in [2.24, 2.45) is 10.9 Å². The molecule has 2 aromatic rings. The van der Waals surface area contributed by atoms with Gasteiger partial charge < -0.3 is 5.43 Å². The molecule has 0 saturated carbocycles. The Hall–Kier alpha value is -1.84. The van der Waals surface area contributed by atoms with E-state index in [0.717, 1.165) is 35.9 Å². The van der Waals surface area contributed by atoms with Crippen LogP contribution in [0.3, 0.4) is 0 Å². The predicted molar refractivity (Wildman–Crippen MR) is 101 cm³/mol. The lowest BCUT2D eigenvalue weighted by molar-refractivity contribution is 0.388. The number of aliphatic imine (C=N–C) groups is 1. The van der Waals surface area contributed by atoms with E-state index in [0.29, 0.717) is 11.8 Å². The minimum atomic E-state index is 0.501. The Labute approximate surface area is 148 Å². The molecule has 2 aliphatic heterocycles. The summed E-state index contributed by atoms with van der Waals surface area (Å²) in [4.78, 5) is 4.85. The molecule has 1 N–H and O–H groups in total. The lowest BCUT2D eigenvalue weighted by atomic mass is 9.93. The van der Waals surface area contributed by atoms with Crippen LogP contribution in [0.25, 0.3) is 0 Å². The fourth-order valence-corrected chi connectivity index (χ4v) is 3.68. The second-order valence-electron chi connectivity index (χ2n) is 7.05. The van der Waals surface area contributed by atoms with E-state index < -0.39 is 0 Å². The van der Waals surface area contributed by atoms with Crippen LogP contribution in [0.1, 0.15) is 30.9 Å². The molecule has 1 unspecified atom stereocenters. The molecule has 4 rings (SSSR count). The second-order valence-corrected chi connectivity index (χ2v) is 7.48. The number of rotatable bonds is 3. The van der Waals surface area contributed by atoms with Gasteiger partial charge in [0.1, 0.15) is 0 Å². The third-order valence-electron chi connectivity index (χ3n) is 4.91. The Kier molecular flexibility index (Phi) is 4.07. The minimum absolute atomic E-state index is 0.501. The van der Waals surface area contributed by atoms with Crippen LogP contribution in [0.2, 0.25) is 5.02 Å². The van der Waals surface area contributed by atoms with Crippen molar-refractivity contribution >= 4 is 28.7 Å². The smallest absolute Gasteiger partial charge is 0.0676 e. The van der Waals surface area contributed by atoms with Gasteiger partial charge in [-0.05, 0) is 47.7 Å². The van der Waals surface area contributed by atoms with E-state index in [-0.39, 0.29) is 0 Å². The molecule has 3 nitrogen and oxygen atoms in total. The van der Waals surface area contributed by atoms with Crippen molar-refractivity contribution in [3.63, 3.8) is 0 Å². The Morgan fingerprint density at radius 2 is 1.96 bits per heavy atom. The monoisotopic (exact) mass is 339 g/mol. The number of halogens is 1. The summed E-state index contributed by atoms with van der Waals surface area (Å²) in [7, 11) is 0. The number of hydrogen-bond donors (Lipinski definition) is 1. The summed E-state index contributed by atoms with van der Waals surface area (Å²) in [6.45, 7) is 6.29. The predicted octanol–water partition coefficient (Wildman–Crippen LogP) is 5.05. The van der Waals surface area contributed by atoms with Gasteiger partial charge in [0.05, 0.1) is 12.2 Å². The molecule has 0 bridgehead atoms. The standard InChI is InChI=1S/C20H22ClN3/c1-13(2)14-4-7-18(8-5-14)23-24-11-16-9-15-3-6-17(21)10-19(15)22-20(16)12-24/h3-8,10,13,16,23H,9,11-12H2,1-2H3. The maximum Gasteiger partial charge on any atom is 0.0676 e. The highest BCUT2D eigenvalue weighted by Gasteiger charge is 2.32. The SMILES string of the molecule is CC(C)c1ccc(NN2CC3=Nc4cc(Cl)ccc4CC3C2)cc1. The van der Waals surface area contributed by atoms with Crippen molar-refractivity contribution in [2.75, 3.05) is 18.5 Å². The summed E-state index contributed by atoms with van der Waals surface area (Å²) < 4.78 is 0. The van der Waals surface area contributed by atoms with Crippen LogP contribution >= 0.6 is 11.6 Å². The van der Waals surface area contributed by atoms with E-state index >= 15 is 0 Å². The number of nitrogens with zero attached hydrogens (tertiary/aromatic N) is 2. The third kappa shape index (κ3) is 3.06. The van der Waals surface area contributed by atoms with Gasteiger partial charge in [-0.15, -0.1) is 0 Å². The number of benzene rings is 2. The molecule has 2 aromatic carbocycles. The van der Waals surface area contributed by atoms with Gasteiger partial charge in [0.15, 0.2) is 0 Å². The summed E-state index contributed by atoms with van der Waals surface area (Å²) in [5.41, 5.74) is 9.64. The zero-order valence-electron chi connectivity index (χ0n) is 14.1. The minimum Gasteiger partial charge on any atom is -0.319 e. The average Bonchev–Trinajstić information content (AvgIpc) is 2.94. The highest BCUT2D eigenvalue weighted by atomic mass is 35.5. The summed E-state index contributed by atoms with van der Waals surface area (Å²) in [5.74, 6) is 1.06. The highest BCUT2D eigenvalue weighted by Crippen LogP contribution is 2.34. The highest BCUT2D eigenvalue weighted by molar-refractivity contribution is 6.30. The van der Waals surface area contributed by atoms with Crippen molar-refractivity contribution < 1.29 is 0 Å². The molecule has 4 heteroatoms. The van der Waals surface area contributed by atoms with Gasteiger partial charge in [0.25, 0.3) is 0 Å². The van der Waals surface area contributed by atoms with Crippen LogP contribution in [-0.2, 0) is 6.42 Å². The first-order valence-electron chi connectivity index (χ1n) is 8.56. The molecule has 0 radical (unpaired) electrons. The van der Waals surface area contributed by atoms with E-state index in [1.54, 1.807) is 0 Å². The molecule has 124 valence electrons. The summed E-state index contributed by atoms with van der Waals surface area (Å²) in [5, 5.41) is 3.02. The molecule has 2 heterocycles. The molecule has 0 aromatic heterocycles. The lowest BCUT2D eigenvalue weighted by Gasteiger charge is -2.19. The fraction of sp³-hybridized carbons (Fsp3) is 0.350. The van der Waals surface area contributed by atoms with Crippen molar-refractivity contribution in [1.82, 2.24) is 5.01 Å². The van der Waals surface area contributed by atoms with Gasteiger partial charge in [-0.25, -0.2) is 5.01 Å². The normalized spacial score (nSPS) is 19.8. The molecule has 1 saturated heterocycles. The summed E-state index contributed by atoms with van der Waals surface area (Å²) in [6.07, 6.45) is 1.05. The van der Waals surface area contributed by atoms with Gasteiger partial charge in [-0.3, -0.25) is 4.99 Å². The number of hydrogen-bond acceptors (Lipinski definition) is 3. The zero-order valence-corrected chi connectivity index (χ0v) is 14.8. The maximum atomic E-state index is 6.10. The van der Waals surface area contributed by atoms with E-state index in [1.165, 1.54) is 16.8 Å². The van der Waals surface area contributed by atoms with Crippen LogP contribution in [0.15, 0.2) is 47.5 Å². The van der Waals surface area contributed by atoms with Crippen LogP contribution in [-0.4, -0.2) is 23.8 Å². The molecule has 0 aliphatic carbocycles. The third-order valence-corrected chi connectivity index (χ3v) is 5.14. The largest absolute Gasteiger partial charge is 0.319 e. The molecule has 2 aliphatic rings. The maximum absolute atomic E-state index is 6.10. The Balaban J connectivity index is 1.47. The van der Waals surface area contributed by atoms with Crippen molar-refractivity contribution in [3.8, 4) is 0 Å². The first-order chi connectivity index (χ1) is 11.6.